The summed E-state index contributed by atoms with van der Waals surface area (Å²) < 4.78 is 4.90. The van der Waals surface area contributed by atoms with Gasteiger partial charge in [-0.15, -0.1) is 0 Å². The molecule has 0 aliphatic carbocycles. The number of aliphatic hydroxyl groups is 1. The predicted octanol–water partition coefficient (Wildman–Crippen LogP) is 1.98. The van der Waals surface area contributed by atoms with Gasteiger partial charge in [0.05, 0.1) is 6.61 Å². The average Bonchev–Trinajstić information content (AvgIpc) is 2.14. The van der Waals surface area contributed by atoms with Gasteiger partial charge in [0.15, 0.2) is 0 Å². The topological polar surface area (TPSA) is 46.5 Å². The second kappa shape index (κ2) is 7.80. The lowest BCUT2D eigenvalue weighted by Crippen LogP contribution is -2.10. The Kier molecular flexibility index (Phi) is 7.48. The summed E-state index contributed by atoms with van der Waals surface area (Å²) in [6.07, 6.45) is 3.18. The summed E-state index contributed by atoms with van der Waals surface area (Å²) in [7, 11) is 0. The minimum absolute atomic E-state index is 0.208. The van der Waals surface area contributed by atoms with E-state index in [-0.39, 0.29) is 12.6 Å². The Balaban J connectivity index is 3.35. The Hall–Kier alpha value is -0.570. The molecule has 0 unspecified atom stereocenters. The van der Waals surface area contributed by atoms with Crippen molar-refractivity contribution in [2.45, 2.75) is 40.0 Å². The van der Waals surface area contributed by atoms with Gasteiger partial charge in [0, 0.05) is 13.5 Å². The SMILES string of the molecule is CC(=O)OC[C@@H](C)CCC[C@@H](C)CO. The number of hydrogen-bond acceptors (Lipinski definition) is 3. The zero-order valence-electron chi connectivity index (χ0n) is 9.45. The van der Waals surface area contributed by atoms with Gasteiger partial charge >= 0.3 is 5.97 Å². The van der Waals surface area contributed by atoms with Gasteiger partial charge in [-0.05, 0) is 24.7 Å². The van der Waals surface area contributed by atoms with Gasteiger partial charge in [0.1, 0.15) is 0 Å². The first kappa shape index (κ1) is 13.4. The Morgan fingerprint density at radius 3 is 2.36 bits per heavy atom. The molecule has 3 nitrogen and oxygen atoms in total. The molecule has 14 heavy (non-hydrogen) atoms. The third-order valence-corrected chi connectivity index (χ3v) is 2.28. The lowest BCUT2D eigenvalue weighted by atomic mass is 10.00. The molecule has 0 aromatic carbocycles. The summed E-state index contributed by atoms with van der Waals surface area (Å²) >= 11 is 0. The van der Waals surface area contributed by atoms with E-state index in [1.165, 1.54) is 6.92 Å². The van der Waals surface area contributed by atoms with E-state index in [0.29, 0.717) is 18.4 Å². The Bertz CT molecular complexity index is 157. The highest BCUT2D eigenvalue weighted by Gasteiger charge is 2.06. The summed E-state index contributed by atoms with van der Waals surface area (Å²) in [6.45, 7) is 6.32. The fraction of sp³-hybridized carbons (Fsp3) is 0.909. The van der Waals surface area contributed by atoms with Gasteiger partial charge < -0.3 is 9.84 Å². The van der Waals surface area contributed by atoms with Crippen molar-refractivity contribution in [3.05, 3.63) is 0 Å². The van der Waals surface area contributed by atoms with Crippen LogP contribution in [0, 0.1) is 11.8 Å². The largest absolute Gasteiger partial charge is 0.466 e. The van der Waals surface area contributed by atoms with Crippen molar-refractivity contribution < 1.29 is 14.6 Å². The van der Waals surface area contributed by atoms with E-state index in [9.17, 15) is 4.79 Å². The van der Waals surface area contributed by atoms with Crippen molar-refractivity contribution in [3.8, 4) is 0 Å². The third-order valence-electron chi connectivity index (χ3n) is 2.28. The van der Waals surface area contributed by atoms with Crippen molar-refractivity contribution in [1.82, 2.24) is 0 Å². The number of hydrogen-bond donors (Lipinski definition) is 1. The molecule has 0 bridgehead atoms. The Labute approximate surface area is 86.5 Å². The normalized spacial score (nSPS) is 14.9. The average molecular weight is 202 g/mol. The molecule has 0 radical (unpaired) electrons. The Morgan fingerprint density at radius 1 is 1.29 bits per heavy atom. The first-order valence-electron chi connectivity index (χ1n) is 5.30. The summed E-state index contributed by atoms with van der Waals surface area (Å²) in [4.78, 5) is 10.5. The third kappa shape index (κ3) is 8.05. The number of carbonyl (C=O) groups is 1. The van der Waals surface area contributed by atoms with Crippen LogP contribution < -0.4 is 0 Å². The molecule has 3 heteroatoms. The molecule has 0 spiro atoms. The van der Waals surface area contributed by atoms with Gasteiger partial charge in [-0.25, -0.2) is 0 Å². The van der Waals surface area contributed by atoms with Crippen molar-refractivity contribution in [2.75, 3.05) is 13.2 Å². The minimum Gasteiger partial charge on any atom is -0.466 e. The van der Waals surface area contributed by atoms with E-state index >= 15 is 0 Å². The fourth-order valence-corrected chi connectivity index (χ4v) is 1.25. The highest BCUT2D eigenvalue weighted by atomic mass is 16.5. The van der Waals surface area contributed by atoms with Crippen molar-refractivity contribution in [2.24, 2.45) is 11.8 Å². The van der Waals surface area contributed by atoms with Crippen molar-refractivity contribution in [1.29, 1.82) is 0 Å². The second-order valence-corrected chi connectivity index (χ2v) is 4.13. The standard InChI is InChI=1S/C11H22O3/c1-9(7-12)5-4-6-10(2)8-14-11(3)13/h9-10,12H,4-8H2,1-3H3/t9-,10+/m1/s1. The number of rotatable bonds is 7. The number of ether oxygens (including phenoxy) is 1. The summed E-state index contributed by atoms with van der Waals surface area (Å²) in [5, 5.41) is 8.81. The lowest BCUT2D eigenvalue weighted by Gasteiger charge is -2.12. The highest BCUT2D eigenvalue weighted by Crippen LogP contribution is 2.12. The molecule has 84 valence electrons. The summed E-state index contributed by atoms with van der Waals surface area (Å²) in [5.41, 5.74) is 0. The molecule has 0 rings (SSSR count). The molecule has 0 heterocycles. The monoisotopic (exact) mass is 202 g/mol. The molecule has 0 aliphatic rings. The molecular formula is C11H22O3. The van der Waals surface area contributed by atoms with Crippen LogP contribution in [0.25, 0.3) is 0 Å². The van der Waals surface area contributed by atoms with Crippen LogP contribution in [0.3, 0.4) is 0 Å². The van der Waals surface area contributed by atoms with Gasteiger partial charge in [0.25, 0.3) is 0 Å². The van der Waals surface area contributed by atoms with Crippen LogP contribution in [0.2, 0.25) is 0 Å². The van der Waals surface area contributed by atoms with Crippen LogP contribution in [-0.4, -0.2) is 24.3 Å². The first-order valence-corrected chi connectivity index (χ1v) is 5.30. The molecule has 0 fully saturated rings. The van der Waals surface area contributed by atoms with E-state index in [2.05, 4.69) is 6.92 Å². The van der Waals surface area contributed by atoms with E-state index < -0.39 is 0 Å². The molecule has 0 aromatic rings. The predicted molar refractivity (Wildman–Crippen MR) is 55.9 cm³/mol. The van der Waals surface area contributed by atoms with Gasteiger partial charge in [-0.2, -0.15) is 0 Å². The summed E-state index contributed by atoms with van der Waals surface area (Å²) in [5.74, 6) is 0.598. The van der Waals surface area contributed by atoms with Crippen molar-refractivity contribution in [3.63, 3.8) is 0 Å². The first-order chi connectivity index (χ1) is 6.56. The van der Waals surface area contributed by atoms with Crippen LogP contribution in [0.4, 0.5) is 0 Å². The molecule has 0 saturated heterocycles. The van der Waals surface area contributed by atoms with Crippen LogP contribution in [0.5, 0.6) is 0 Å². The van der Waals surface area contributed by atoms with Crippen LogP contribution >= 0.6 is 0 Å². The van der Waals surface area contributed by atoms with Crippen molar-refractivity contribution >= 4 is 5.97 Å². The van der Waals surface area contributed by atoms with Gasteiger partial charge in [-0.3, -0.25) is 4.79 Å². The maximum Gasteiger partial charge on any atom is 0.302 e. The number of carbonyl (C=O) groups excluding carboxylic acids is 1. The van der Waals surface area contributed by atoms with Gasteiger partial charge in [-0.1, -0.05) is 20.3 Å². The molecular weight excluding hydrogens is 180 g/mol. The molecule has 0 aliphatic heterocycles. The van der Waals surface area contributed by atoms with E-state index in [1.807, 2.05) is 6.92 Å². The maximum atomic E-state index is 10.5. The van der Waals surface area contributed by atoms with E-state index in [0.717, 1.165) is 19.3 Å². The zero-order valence-corrected chi connectivity index (χ0v) is 9.45. The van der Waals surface area contributed by atoms with Crippen LogP contribution in [-0.2, 0) is 9.53 Å². The molecule has 1 N–H and O–H groups in total. The smallest absolute Gasteiger partial charge is 0.302 e. The molecule has 0 amide bonds. The van der Waals surface area contributed by atoms with Crippen LogP contribution in [0.1, 0.15) is 40.0 Å². The van der Waals surface area contributed by atoms with E-state index in [4.69, 9.17) is 9.84 Å². The minimum atomic E-state index is -0.208. The second-order valence-electron chi connectivity index (χ2n) is 4.13. The highest BCUT2D eigenvalue weighted by molar-refractivity contribution is 5.65. The fourth-order valence-electron chi connectivity index (χ4n) is 1.25. The quantitative estimate of drug-likeness (QED) is 0.642. The maximum absolute atomic E-state index is 10.5. The van der Waals surface area contributed by atoms with Crippen LogP contribution in [0.15, 0.2) is 0 Å². The van der Waals surface area contributed by atoms with E-state index in [1.54, 1.807) is 0 Å². The van der Waals surface area contributed by atoms with Gasteiger partial charge in [0.2, 0.25) is 0 Å². The molecule has 0 aromatic heterocycles. The molecule has 0 saturated carbocycles. The zero-order chi connectivity index (χ0) is 11.0. The molecule has 2 atom stereocenters. The number of aliphatic hydroxyl groups excluding tert-OH is 1. The Morgan fingerprint density at radius 2 is 1.86 bits per heavy atom. The lowest BCUT2D eigenvalue weighted by molar-refractivity contribution is -0.142. The summed E-state index contributed by atoms with van der Waals surface area (Å²) in [6, 6.07) is 0. The number of esters is 1.